The van der Waals surface area contributed by atoms with Gasteiger partial charge >= 0.3 is 0 Å². The SMILES string of the molecule is O=C(C[NH+]1CC[NH+](Cc2nc3ccsc3c(=O)[nH]2)CC1)N1CCCCCC1. The minimum Gasteiger partial charge on any atom is -0.338 e. The molecule has 1 amide bonds. The highest BCUT2D eigenvalue weighted by atomic mass is 32.1. The number of likely N-dealkylation sites (tertiary alicyclic amines) is 1. The monoisotopic (exact) mass is 391 g/mol. The molecule has 2 aliphatic rings. The molecule has 27 heavy (non-hydrogen) atoms. The lowest BCUT2D eigenvalue weighted by Gasteiger charge is -2.30. The molecule has 0 radical (unpaired) electrons. The van der Waals surface area contributed by atoms with Crippen LogP contribution in [-0.2, 0) is 11.3 Å². The molecule has 0 atom stereocenters. The molecular formula is C19H29N5O2S+2. The first kappa shape index (κ1) is 18.6. The van der Waals surface area contributed by atoms with Crippen LogP contribution in [0.5, 0.6) is 0 Å². The molecule has 2 aromatic rings. The van der Waals surface area contributed by atoms with Crippen molar-refractivity contribution in [2.45, 2.75) is 32.2 Å². The van der Waals surface area contributed by atoms with Crippen molar-refractivity contribution in [3.8, 4) is 0 Å². The van der Waals surface area contributed by atoms with Crippen LogP contribution in [0.4, 0.5) is 0 Å². The summed E-state index contributed by atoms with van der Waals surface area (Å²) < 4.78 is 0.704. The summed E-state index contributed by atoms with van der Waals surface area (Å²) in [6, 6.07) is 1.91. The zero-order valence-corrected chi connectivity index (χ0v) is 16.6. The Morgan fingerprint density at radius 2 is 1.81 bits per heavy atom. The van der Waals surface area contributed by atoms with Crippen LogP contribution in [0.2, 0.25) is 0 Å². The minimum atomic E-state index is -0.0308. The van der Waals surface area contributed by atoms with E-state index in [1.807, 2.05) is 11.4 Å². The lowest BCUT2D eigenvalue weighted by Crippen LogP contribution is -3.28. The Morgan fingerprint density at radius 3 is 2.56 bits per heavy atom. The van der Waals surface area contributed by atoms with Gasteiger partial charge in [-0.2, -0.15) is 0 Å². The molecule has 2 aromatic heterocycles. The van der Waals surface area contributed by atoms with E-state index in [-0.39, 0.29) is 5.56 Å². The van der Waals surface area contributed by atoms with Gasteiger partial charge in [0, 0.05) is 13.1 Å². The number of nitrogens with one attached hydrogen (secondary N) is 3. The van der Waals surface area contributed by atoms with Gasteiger partial charge in [0.25, 0.3) is 11.5 Å². The van der Waals surface area contributed by atoms with Crippen molar-refractivity contribution in [3.63, 3.8) is 0 Å². The van der Waals surface area contributed by atoms with Crippen molar-refractivity contribution in [1.29, 1.82) is 0 Å². The Morgan fingerprint density at radius 1 is 1.11 bits per heavy atom. The van der Waals surface area contributed by atoms with E-state index in [1.165, 1.54) is 34.0 Å². The smallest absolute Gasteiger partial charge is 0.277 e. The number of quaternary nitrogens is 2. The van der Waals surface area contributed by atoms with Gasteiger partial charge in [-0.05, 0) is 24.3 Å². The number of rotatable bonds is 4. The van der Waals surface area contributed by atoms with E-state index < -0.39 is 0 Å². The van der Waals surface area contributed by atoms with Gasteiger partial charge in [-0.15, -0.1) is 11.3 Å². The predicted octanol–water partition coefficient (Wildman–Crippen LogP) is -1.33. The van der Waals surface area contributed by atoms with Gasteiger partial charge in [0.1, 0.15) is 37.4 Å². The molecule has 2 aliphatic heterocycles. The summed E-state index contributed by atoms with van der Waals surface area (Å²) in [5, 5.41) is 1.91. The molecule has 0 aliphatic carbocycles. The third-order valence-corrected chi connectivity index (χ3v) is 6.71. The number of aromatic nitrogens is 2. The molecule has 0 saturated carbocycles. The second-order valence-electron chi connectivity index (χ2n) is 7.80. The normalized spacial score (nSPS) is 24.1. The Bertz CT molecular complexity index is 832. The van der Waals surface area contributed by atoms with E-state index in [0.717, 1.165) is 70.0 Å². The van der Waals surface area contributed by atoms with Gasteiger partial charge < -0.3 is 19.7 Å². The fourth-order valence-electron chi connectivity index (χ4n) is 4.20. The molecule has 146 valence electrons. The number of hydrogen-bond acceptors (Lipinski definition) is 4. The second-order valence-corrected chi connectivity index (χ2v) is 8.71. The molecule has 0 aromatic carbocycles. The molecule has 4 rings (SSSR count). The van der Waals surface area contributed by atoms with Crippen LogP contribution in [0, 0.1) is 0 Å². The first-order valence-electron chi connectivity index (χ1n) is 10.1. The summed E-state index contributed by atoms with van der Waals surface area (Å²) in [4.78, 5) is 37.1. The zero-order valence-electron chi connectivity index (χ0n) is 15.8. The van der Waals surface area contributed by atoms with Crippen molar-refractivity contribution in [3.05, 3.63) is 27.6 Å². The average molecular weight is 392 g/mol. The van der Waals surface area contributed by atoms with Gasteiger partial charge in [-0.3, -0.25) is 9.59 Å². The number of nitrogens with zero attached hydrogens (tertiary/aromatic N) is 2. The van der Waals surface area contributed by atoms with Crippen LogP contribution in [0.15, 0.2) is 16.2 Å². The topological polar surface area (TPSA) is 74.9 Å². The zero-order chi connectivity index (χ0) is 18.6. The van der Waals surface area contributed by atoms with Crippen molar-refractivity contribution in [2.75, 3.05) is 45.8 Å². The maximum Gasteiger partial charge on any atom is 0.277 e. The van der Waals surface area contributed by atoms with Gasteiger partial charge in [0.15, 0.2) is 12.4 Å². The van der Waals surface area contributed by atoms with Gasteiger partial charge in [0.05, 0.1) is 5.52 Å². The van der Waals surface area contributed by atoms with Crippen molar-refractivity contribution >= 4 is 27.5 Å². The molecule has 2 saturated heterocycles. The molecule has 2 fully saturated rings. The molecule has 0 bridgehead atoms. The van der Waals surface area contributed by atoms with Crippen LogP contribution in [0.25, 0.3) is 10.2 Å². The van der Waals surface area contributed by atoms with Crippen LogP contribution in [0.1, 0.15) is 31.5 Å². The summed E-state index contributed by atoms with van der Waals surface area (Å²) in [7, 11) is 0. The molecule has 8 heteroatoms. The Balaban J connectivity index is 1.28. The molecular weight excluding hydrogens is 362 g/mol. The summed E-state index contributed by atoms with van der Waals surface area (Å²) >= 11 is 1.44. The maximum absolute atomic E-state index is 12.6. The Kier molecular flexibility index (Phi) is 5.85. The number of carbonyl (C=O) groups is 1. The van der Waals surface area contributed by atoms with E-state index >= 15 is 0 Å². The Hall–Kier alpha value is -1.77. The quantitative estimate of drug-likeness (QED) is 0.605. The van der Waals surface area contributed by atoms with E-state index in [0.29, 0.717) is 17.2 Å². The number of aromatic amines is 1. The fourth-order valence-corrected chi connectivity index (χ4v) is 4.92. The van der Waals surface area contributed by atoms with E-state index in [1.54, 1.807) is 0 Å². The van der Waals surface area contributed by atoms with Crippen molar-refractivity contribution < 1.29 is 14.6 Å². The number of hydrogen-bond donors (Lipinski definition) is 3. The van der Waals surface area contributed by atoms with Crippen LogP contribution in [-0.4, -0.2) is 66.6 Å². The van der Waals surface area contributed by atoms with Crippen molar-refractivity contribution in [1.82, 2.24) is 14.9 Å². The first-order chi connectivity index (χ1) is 13.2. The number of piperazine rings is 1. The molecule has 0 unspecified atom stereocenters. The predicted molar refractivity (Wildman–Crippen MR) is 105 cm³/mol. The van der Waals surface area contributed by atoms with Gasteiger partial charge in [-0.25, -0.2) is 4.98 Å². The van der Waals surface area contributed by atoms with E-state index in [9.17, 15) is 9.59 Å². The third-order valence-electron chi connectivity index (χ3n) is 5.81. The van der Waals surface area contributed by atoms with Crippen LogP contribution >= 0.6 is 11.3 Å². The molecule has 4 heterocycles. The second kappa shape index (κ2) is 8.50. The fraction of sp³-hybridized carbons (Fsp3) is 0.632. The number of fused-ring (bicyclic) bond motifs is 1. The average Bonchev–Trinajstić information content (AvgIpc) is 2.97. The maximum atomic E-state index is 12.6. The largest absolute Gasteiger partial charge is 0.338 e. The lowest BCUT2D eigenvalue weighted by atomic mass is 10.2. The lowest BCUT2D eigenvalue weighted by molar-refractivity contribution is -1.02. The van der Waals surface area contributed by atoms with E-state index in [2.05, 4.69) is 14.9 Å². The van der Waals surface area contributed by atoms with Crippen molar-refractivity contribution in [2.24, 2.45) is 0 Å². The highest BCUT2D eigenvalue weighted by Crippen LogP contribution is 2.13. The first-order valence-corrected chi connectivity index (χ1v) is 11.0. The standard InChI is InChI=1S/C19H27N5O2S/c25-17(24-6-3-1-2-4-7-24)14-23-10-8-22(9-11-23)13-16-20-15-5-12-27-18(15)19(26)21-16/h5,12H,1-4,6-11,13-14H2,(H,20,21,26)/p+2. The van der Waals surface area contributed by atoms with Gasteiger partial charge in [0.2, 0.25) is 0 Å². The number of thiophene rings is 1. The highest BCUT2D eigenvalue weighted by molar-refractivity contribution is 7.17. The van der Waals surface area contributed by atoms with Crippen LogP contribution < -0.4 is 15.4 Å². The summed E-state index contributed by atoms with van der Waals surface area (Å²) in [6.07, 6.45) is 4.81. The number of amides is 1. The minimum absolute atomic E-state index is 0.0308. The van der Waals surface area contributed by atoms with Gasteiger partial charge in [-0.1, -0.05) is 12.8 Å². The van der Waals surface area contributed by atoms with E-state index in [4.69, 9.17) is 0 Å². The summed E-state index contributed by atoms with van der Waals surface area (Å²) in [6.45, 7) is 7.26. The third kappa shape index (κ3) is 4.56. The highest BCUT2D eigenvalue weighted by Gasteiger charge is 2.27. The molecule has 7 nitrogen and oxygen atoms in total. The summed E-state index contributed by atoms with van der Waals surface area (Å²) in [5.74, 6) is 1.09. The molecule has 3 N–H and O–H groups in total. The number of carbonyl (C=O) groups excluding carboxylic acids is 1. The Labute approximate surface area is 163 Å². The molecule has 0 spiro atoms. The van der Waals surface area contributed by atoms with Crippen LogP contribution in [0.3, 0.4) is 0 Å². The summed E-state index contributed by atoms with van der Waals surface area (Å²) in [5.41, 5.74) is 0.766. The number of H-pyrrole nitrogens is 1.